The average molecular weight is 426 g/mol. The molecular weight excluding hydrogens is 390 g/mol. The van der Waals surface area contributed by atoms with E-state index in [9.17, 15) is 9.59 Å². The van der Waals surface area contributed by atoms with E-state index in [1.807, 2.05) is 0 Å². The first-order valence-corrected chi connectivity index (χ1v) is 10.6. The van der Waals surface area contributed by atoms with Crippen LogP contribution in [-0.4, -0.2) is 63.3 Å². The highest BCUT2D eigenvalue weighted by Crippen LogP contribution is 2.11. The fourth-order valence-electron chi connectivity index (χ4n) is 2.64. The Hall–Kier alpha value is -2.69. The minimum atomic E-state index is -0.774. The molecule has 1 aromatic rings. The normalized spacial score (nSPS) is 10.6. The molecule has 1 aromatic heterocycles. The lowest BCUT2D eigenvalue weighted by Gasteiger charge is -2.11. The summed E-state index contributed by atoms with van der Waals surface area (Å²) in [5, 5.41) is 26.8. The fourth-order valence-corrected chi connectivity index (χ4v) is 2.64. The zero-order valence-corrected chi connectivity index (χ0v) is 17.5. The first-order valence-electron chi connectivity index (χ1n) is 10.6. The van der Waals surface area contributed by atoms with Crippen molar-refractivity contribution in [3.8, 4) is 0 Å². The first kappa shape index (κ1) is 25.3. The van der Waals surface area contributed by atoms with Gasteiger partial charge in [-0.3, -0.25) is 9.59 Å². The van der Waals surface area contributed by atoms with Gasteiger partial charge in [0.25, 0.3) is 0 Å². The number of aromatic nitrogens is 3. The molecule has 0 bridgehead atoms. The standard InChI is InChI=1S/C19H35N7O4/c20-11-5-8-14-23-19-25-17(21-12-6-1-3-9-15(27)28)24-18(26-19)22-13-7-2-4-10-16(29)30/h1-14,20H2,(H,27,28)(H,29,30)(H3,21,22,23,24,25,26). The van der Waals surface area contributed by atoms with Crippen LogP contribution in [0.1, 0.15) is 64.2 Å². The summed E-state index contributed by atoms with van der Waals surface area (Å²) in [7, 11) is 0. The molecular formula is C19H35N7O4. The molecule has 11 nitrogen and oxygen atoms in total. The van der Waals surface area contributed by atoms with Gasteiger partial charge in [0.05, 0.1) is 0 Å². The second kappa shape index (κ2) is 16.1. The van der Waals surface area contributed by atoms with E-state index in [0.717, 1.165) is 38.5 Å². The maximum Gasteiger partial charge on any atom is 0.303 e. The lowest BCUT2D eigenvalue weighted by atomic mass is 10.2. The van der Waals surface area contributed by atoms with Crippen molar-refractivity contribution >= 4 is 29.8 Å². The molecule has 1 heterocycles. The number of carboxylic acids is 2. The van der Waals surface area contributed by atoms with Crippen LogP contribution >= 0.6 is 0 Å². The Bertz CT molecular complexity index is 587. The van der Waals surface area contributed by atoms with Crippen LogP contribution in [0, 0.1) is 0 Å². The van der Waals surface area contributed by atoms with Gasteiger partial charge < -0.3 is 31.9 Å². The molecule has 170 valence electrons. The molecule has 0 aromatic carbocycles. The number of nitrogens with two attached hydrogens (primary N) is 1. The van der Waals surface area contributed by atoms with E-state index in [1.54, 1.807) is 0 Å². The average Bonchev–Trinajstić information content (AvgIpc) is 2.70. The van der Waals surface area contributed by atoms with Crippen LogP contribution in [0.3, 0.4) is 0 Å². The predicted molar refractivity (Wildman–Crippen MR) is 116 cm³/mol. The number of carboxylic acid groups (broad SMARTS) is 2. The van der Waals surface area contributed by atoms with Crippen LogP contribution in [0.15, 0.2) is 0 Å². The topological polar surface area (TPSA) is 175 Å². The minimum absolute atomic E-state index is 0.184. The van der Waals surface area contributed by atoms with E-state index in [2.05, 4.69) is 30.9 Å². The molecule has 0 atom stereocenters. The van der Waals surface area contributed by atoms with E-state index in [4.69, 9.17) is 15.9 Å². The maximum absolute atomic E-state index is 10.5. The van der Waals surface area contributed by atoms with Crippen LogP contribution < -0.4 is 21.7 Å². The molecule has 1 rings (SSSR count). The van der Waals surface area contributed by atoms with Crippen molar-refractivity contribution in [2.24, 2.45) is 5.73 Å². The molecule has 11 heteroatoms. The highest BCUT2D eigenvalue weighted by molar-refractivity contribution is 5.66. The van der Waals surface area contributed by atoms with Gasteiger partial charge in [0.15, 0.2) is 0 Å². The van der Waals surface area contributed by atoms with Crippen molar-refractivity contribution in [1.29, 1.82) is 0 Å². The van der Waals surface area contributed by atoms with E-state index >= 15 is 0 Å². The van der Waals surface area contributed by atoms with Gasteiger partial charge in [0.1, 0.15) is 0 Å². The molecule has 30 heavy (non-hydrogen) atoms. The van der Waals surface area contributed by atoms with Crippen LogP contribution in [0.4, 0.5) is 17.8 Å². The summed E-state index contributed by atoms with van der Waals surface area (Å²) >= 11 is 0. The number of rotatable bonds is 19. The van der Waals surface area contributed by atoms with E-state index < -0.39 is 11.9 Å². The summed E-state index contributed by atoms with van der Waals surface area (Å²) < 4.78 is 0. The van der Waals surface area contributed by atoms with Gasteiger partial charge in [-0.1, -0.05) is 12.8 Å². The van der Waals surface area contributed by atoms with Crippen molar-refractivity contribution in [1.82, 2.24) is 15.0 Å². The molecule has 0 radical (unpaired) electrons. The zero-order valence-electron chi connectivity index (χ0n) is 17.5. The maximum atomic E-state index is 10.5. The Morgan fingerprint density at radius 2 is 1.00 bits per heavy atom. The summed E-state index contributed by atoms with van der Waals surface area (Å²) in [6, 6.07) is 0. The molecule has 0 fully saturated rings. The van der Waals surface area contributed by atoms with Crippen molar-refractivity contribution in [3.05, 3.63) is 0 Å². The van der Waals surface area contributed by atoms with Gasteiger partial charge in [0.2, 0.25) is 17.8 Å². The van der Waals surface area contributed by atoms with Gasteiger partial charge >= 0.3 is 11.9 Å². The zero-order chi connectivity index (χ0) is 22.0. The number of hydrogen-bond donors (Lipinski definition) is 6. The Morgan fingerprint density at radius 3 is 1.33 bits per heavy atom. The fraction of sp³-hybridized carbons (Fsp3) is 0.737. The highest BCUT2D eigenvalue weighted by Gasteiger charge is 2.06. The third-order valence-electron chi connectivity index (χ3n) is 4.25. The largest absolute Gasteiger partial charge is 0.481 e. The molecule has 0 saturated heterocycles. The van der Waals surface area contributed by atoms with Gasteiger partial charge in [-0.25, -0.2) is 0 Å². The SMILES string of the molecule is NCCCCNc1nc(NCCCCCC(=O)O)nc(NCCCCCC(=O)O)n1. The third kappa shape index (κ3) is 13.5. The monoisotopic (exact) mass is 425 g/mol. The van der Waals surface area contributed by atoms with Crippen LogP contribution in [0.2, 0.25) is 0 Å². The Kier molecular flexibility index (Phi) is 13.6. The van der Waals surface area contributed by atoms with Crippen molar-refractivity contribution in [2.45, 2.75) is 64.2 Å². The van der Waals surface area contributed by atoms with E-state index in [-0.39, 0.29) is 12.8 Å². The molecule has 7 N–H and O–H groups in total. The van der Waals surface area contributed by atoms with Crippen molar-refractivity contribution < 1.29 is 19.8 Å². The van der Waals surface area contributed by atoms with Crippen LogP contribution in [0.25, 0.3) is 0 Å². The Morgan fingerprint density at radius 1 is 0.633 bits per heavy atom. The number of hydrogen-bond acceptors (Lipinski definition) is 9. The summed E-state index contributed by atoms with van der Waals surface area (Å²) in [6.07, 6.45) is 6.78. The molecule has 0 saturated carbocycles. The third-order valence-corrected chi connectivity index (χ3v) is 4.25. The summed E-state index contributed by atoms with van der Waals surface area (Å²) in [4.78, 5) is 34.2. The molecule has 0 aliphatic carbocycles. The van der Waals surface area contributed by atoms with Crippen molar-refractivity contribution in [3.63, 3.8) is 0 Å². The Labute approximate surface area is 177 Å². The minimum Gasteiger partial charge on any atom is -0.481 e. The smallest absolute Gasteiger partial charge is 0.303 e. The summed E-state index contributed by atoms with van der Waals surface area (Å²) in [6.45, 7) is 2.64. The lowest BCUT2D eigenvalue weighted by Crippen LogP contribution is -2.14. The quantitative estimate of drug-likeness (QED) is 0.179. The number of unbranched alkanes of at least 4 members (excludes halogenated alkanes) is 5. The van der Waals surface area contributed by atoms with Gasteiger partial charge in [-0.2, -0.15) is 15.0 Å². The second-order valence-electron chi connectivity index (χ2n) is 6.99. The van der Waals surface area contributed by atoms with Gasteiger partial charge in [0, 0.05) is 32.5 Å². The lowest BCUT2D eigenvalue weighted by molar-refractivity contribution is -0.138. The first-order chi connectivity index (χ1) is 14.5. The van der Waals surface area contributed by atoms with Gasteiger partial charge in [-0.05, 0) is 45.1 Å². The number of anilines is 3. The summed E-state index contributed by atoms with van der Waals surface area (Å²) in [5.41, 5.74) is 5.51. The molecule has 0 spiro atoms. The highest BCUT2D eigenvalue weighted by atomic mass is 16.4. The van der Waals surface area contributed by atoms with E-state index in [0.29, 0.717) is 56.9 Å². The van der Waals surface area contributed by atoms with Crippen molar-refractivity contribution in [2.75, 3.05) is 42.1 Å². The van der Waals surface area contributed by atoms with Crippen LogP contribution in [0.5, 0.6) is 0 Å². The molecule has 0 aliphatic rings. The molecule has 0 aliphatic heterocycles. The Balaban J connectivity index is 2.49. The predicted octanol–water partition coefficient (Wildman–Crippen LogP) is 2.14. The number of carbonyl (C=O) groups is 2. The number of nitrogens with one attached hydrogen (secondary N) is 3. The number of nitrogens with zero attached hydrogens (tertiary/aromatic N) is 3. The summed E-state index contributed by atoms with van der Waals surface area (Å²) in [5.74, 6) is -0.159. The number of aliphatic carboxylic acids is 2. The second-order valence-corrected chi connectivity index (χ2v) is 6.99. The van der Waals surface area contributed by atoms with Gasteiger partial charge in [-0.15, -0.1) is 0 Å². The van der Waals surface area contributed by atoms with Crippen LogP contribution in [-0.2, 0) is 9.59 Å². The molecule has 0 unspecified atom stereocenters. The van der Waals surface area contributed by atoms with E-state index in [1.165, 1.54) is 0 Å². The molecule has 0 amide bonds.